The van der Waals surface area contributed by atoms with Crippen LogP contribution in [0.15, 0.2) is 18.2 Å². The van der Waals surface area contributed by atoms with Gasteiger partial charge >= 0.3 is 0 Å². The van der Waals surface area contributed by atoms with Gasteiger partial charge in [0.2, 0.25) is 5.91 Å². The zero-order valence-electron chi connectivity index (χ0n) is 15.1. The van der Waals surface area contributed by atoms with E-state index in [4.69, 9.17) is 4.74 Å². The Kier molecular flexibility index (Phi) is 6.05. The lowest BCUT2D eigenvalue weighted by Crippen LogP contribution is -2.44. The normalized spacial score (nSPS) is 15.3. The summed E-state index contributed by atoms with van der Waals surface area (Å²) in [5, 5.41) is 0. The smallest absolute Gasteiger partial charge is 0.227 e. The molecule has 0 spiro atoms. The number of hydrogen-bond acceptors (Lipinski definition) is 3. The molecule has 0 fully saturated rings. The Bertz CT molecular complexity index is 532. The van der Waals surface area contributed by atoms with Crippen molar-refractivity contribution in [2.45, 2.75) is 59.0 Å². The van der Waals surface area contributed by atoms with Crippen molar-refractivity contribution in [2.24, 2.45) is 0 Å². The first kappa shape index (κ1) is 17.8. The van der Waals surface area contributed by atoms with Crippen LogP contribution in [-0.2, 0) is 11.2 Å². The average molecular weight is 318 g/mol. The molecule has 0 saturated carbocycles. The Hall–Kier alpha value is -1.55. The number of fused-ring (bicyclic) bond motifs is 1. The molecule has 0 unspecified atom stereocenters. The SMILES string of the molecule is COc1ccc2c(c1)N(CCN(C(C)C)C(C)C)C(=O)CCC2. The number of benzene rings is 1. The summed E-state index contributed by atoms with van der Waals surface area (Å²) in [7, 11) is 1.67. The van der Waals surface area contributed by atoms with Crippen molar-refractivity contribution in [1.29, 1.82) is 0 Å². The highest BCUT2D eigenvalue weighted by Gasteiger charge is 2.24. The fraction of sp³-hybridized carbons (Fsp3) is 0.632. The molecular weight excluding hydrogens is 288 g/mol. The molecule has 0 atom stereocenters. The number of amides is 1. The van der Waals surface area contributed by atoms with Crippen molar-refractivity contribution in [2.75, 3.05) is 25.1 Å². The fourth-order valence-corrected chi connectivity index (χ4v) is 3.41. The third kappa shape index (κ3) is 4.25. The van der Waals surface area contributed by atoms with Crippen LogP contribution in [0.1, 0.15) is 46.1 Å². The lowest BCUT2D eigenvalue weighted by atomic mass is 10.1. The van der Waals surface area contributed by atoms with Crippen LogP contribution >= 0.6 is 0 Å². The van der Waals surface area contributed by atoms with E-state index in [1.54, 1.807) is 7.11 Å². The van der Waals surface area contributed by atoms with Gasteiger partial charge in [-0.25, -0.2) is 0 Å². The number of nitrogens with zero attached hydrogens (tertiary/aromatic N) is 2. The van der Waals surface area contributed by atoms with Gasteiger partial charge in [-0.3, -0.25) is 9.69 Å². The van der Waals surface area contributed by atoms with E-state index in [9.17, 15) is 4.79 Å². The number of carbonyl (C=O) groups is 1. The Morgan fingerprint density at radius 3 is 2.48 bits per heavy atom. The molecule has 0 aliphatic carbocycles. The van der Waals surface area contributed by atoms with Gasteiger partial charge in [0.05, 0.1) is 12.8 Å². The summed E-state index contributed by atoms with van der Waals surface area (Å²) in [4.78, 5) is 17.0. The molecule has 1 aliphatic rings. The fourth-order valence-electron chi connectivity index (χ4n) is 3.41. The van der Waals surface area contributed by atoms with Gasteiger partial charge < -0.3 is 9.64 Å². The van der Waals surface area contributed by atoms with Crippen molar-refractivity contribution in [3.63, 3.8) is 0 Å². The molecular formula is C19H30N2O2. The van der Waals surface area contributed by atoms with E-state index < -0.39 is 0 Å². The Morgan fingerprint density at radius 2 is 1.87 bits per heavy atom. The van der Waals surface area contributed by atoms with Gasteiger partial charge in [-0.05, 0) is 52.2 Å². The highest BCUT2D eigenvalue weighted by molar-refractivity contribution is 5.95. The molecule has 0 bridgehead atoms. The second-order valence-corrected chi connectivity index (χ2v) is 6.82. The summed E-state index contributed by atoms with van der Waals surface area (Å²) in [6.45, 7) is 10.5. The van der Waals surface area contributed by atoms with Gasteiger partial charge in [0.25, 0.3) is 0 Å². The largest absolute Gasteiger partial charge is 0.497 e. The molecule has 0 radical (unpaired) electrons. The lowest BCUT2D eigenvalue weighted by Gasteiger charge is -2.33. The van der Waals surface area contributed by atoms with Crippen molar-refractivity contribution in [3.05, 3.63) is 23.8 Å². The minimum absolute atomic E-state index is 0.226. The van der Waals surface area contributed by atoms with Crippen molar-refractivity contribution < 1.29 is 9.53 Å². The zero-order chi connectivity index (χ0) is 17.0. The Balaban J connectivity index is 2.24. The number of hydrogen-bond donors (Lipinski definition) is 0. The maximum atomic E-state index is 12.6. The number of aryl methyl sites for hydroxylation is 1. The topological polar surface area (TPSA) is 32.8 Å². The molecule has 0 N–H and O–H groups in total. The molecule has 128 valence electrons. The molecule has 2 rings (SSSR count). The molecule has 1 heterocycles. The van der Waals surface area contributed by atoms with E-state index in [0.29, 0.717) is 18.5 Å². The van der Waals surface area contributed by atoms with Crippen molar-refractivity contribution in [1.82, 2.24) is 4.90 Å². The number of ether oxygens (including phenoxy) is 1. The van der Waals surface area contributed by atoms with Crippen molar-refractivity contribution >= 4 is 11.6 Å². The zero-order valence-corrected chi connectivity index (χ0v) is 15.1. The van der Waals surface area contributed by atoms with Crippen LogP contribution in [0.4, 0.5) is 5.69 Å². The predicted molar refractivity (Wildman–Crippen MR) is 95.3 cm³/mol. The molecule has 1 aromatic carbocycles. The number of anilines is 1. The maximum Gasteiger partial charge on any atom is 0.227 e. The van der Waals surface area contributed by atoms with Crippen LogP contribution in [0.3, 0.4) is 0 Å². The molecule has 23 heavy (non-hydrogen) atoms. The third-order valence-corrected chi connectivity index (χ3v) is 4.63. The molecule has 0 aromatic heterocycles. The summed E-state index contributed by atoms with van der Waals surface area (Å²) in [6, 6.07) is 7.04. The first-order valence-corrected chi connectivity index (χ1v) is 8.67. The van der Waals surface area contributed by atoms with Gasteiger partial charge in [0.15, 0.2) is 0 Å². The van der Waals surface area contributed by atoms with Gasteiger partial charge in [0.1, 0.15) is 5.75 Å². The van der Waals surface area contributed by atoms with Crippen LogP contribution in [0.5, 0.6) is 5.75 Å². The molecule has 1 amide bonds. The average Bonchev–Trinajstić information content (AvgIpc) is 2.65. The number of carbonyl (C=O) groups excluding carboxylic acids is 1. The predicted octanol–water partition coefficient (Wildman–Crippen LogP) is 3.48. The highest BCUT2D eigenvalue weighted by atomic mass is 16.5. The molecule has 1 aromatic rings. The maximum absolute atomic E-state index is 12.6. The summed E-state index contributed by atoms with van der Waals surface area (Å²) in [5.41, 5.74) is 2.27. The van der Waals surface area contributed by atoms with E-state index in [0.717, 1.165) is 37.4 Å². The van der Waals surface area contributed by atoms with E-state index in [-0.39, 0.29) is 5.91 Å². The van der Waals surface area contributed by atoms with Gasteiger partial charge in [0, 0.05) is 37.7 Å². The second kappa shape index (κ2) is 7.82. The molecule has 4 nitrogen and oxygen atoms in total. The summed E-state index contributed by atoms with van der Waals surface area (Å²) in [5.74, 6) is 1.04. The minimum atomic E-state index is 0.226. The summed E-state index contributed by atoms with van der Waals surface area (Å²) < 4.78 is 5.36. The van der Waals surface area contributed by atoms with E-state index in [1.807, 2.05) is 17.0 Å². The van der Waals surface area contributed by atoms with Gasteiger partial charge in [-0.1, -0.05) is 6.07 Å². The van der Waals surface area contributed by atoms with Crippen LogP contribution in [-0.4, -0.2) is 43.1 Å². The van der Waals surface area contributed by atoms with Crippen LogP contribution < -0.4 is 9.64 Å². The first-order valence-electron chi connectivity index (χ1n) is 8.67. The highest BCUT2D eigenvalue weighted by Crippen LogP contribution is 2.30. The second-order valence-electron chi connectivity index (χ2n) is 6.82. The van der Waals surface area contributed by atoms with E-state index in [1.165, 1.54) is 5.56 Å². The third-order valence-electron chi connectivity index (χ3n) is 4.63. The van der Waals surface area contributed by atoms with Gasteiger partial charge in [-0.15, -0.1) is 0 Å². The lowest BCUT2D eigenvalue weighted by molar-refractivity contribution is -0.118. The molecule has 1 aliphatic heterocycles. The summed E-state index contributed by atoms with van der Waals surface area (Å²) >= 11 is 0. The van der Waals surface area contributed by atoms with Gasteiger partial charge in [-0.2, -0.15) is 0 Å². The first-order chi connectivity index (χ1) is 10.9. The quantitative estimate of drug-likeness (QED) is 0.805. The van der Waals surface area contributed by atoms with Crippen LogP contribution in [0.25, 0.3) is 0 Å². The van der Waals surface area contributed by atoms with Crippen LogP contribution in [0, 0.1) is 0 Å². The standard InChI is InChI=1S/C19H30N2O2/c1-14(2)20(15(3)4)11-12-21-18-13-17(23-5)10-9-16(18)7-6-8-19(21)22/h9-10,13-15H,6-8,11-12H2,1-5H3. The van der Waals surface area contributed by atoms with E-state index >= 15 is 0 Å². The number of methoxy groups -OCH3 is 1. The van der Waals surface area contributed by atoms with E-state index in [2.05, 4.69) is 38.7 Å². The van der Waals surface area contributed by atoms with Crippen molar-refractivity contribution in [3.8, 4) is 5.75 Å². The summed E-state index contributed by atoms with van der Waals surface area (Å²) in [6.07, 6.45) is 2.51. The minimum Gasteiger partial charge on any atom is -0.497 e. The Labute approximate surface area is 140 Å². The number of rotatable bonds is 6. The molecule has 4 heteroatoms. The monoisotopic (exact) mass is 318 g/mol. The van der Waals surface area contributed by atoms with Crippen LogP contribution in [0.2, 0.25) is 0 Å². The Morgan fingerprint density at radius 1 is 1.17 bits per heavy atom. The molecule has 0 saturated heterocycles.